The standard InChI is InChI=1S/C42H66N8O10/c1-4-5-7-16-32(27-36(52)38(30(3)39(54)31-14-8-6-9-15-31)46-37(53)28-60-25-24-59-23-19-43)40(55)49-22-12-18-34(49)41(56)48-21-11-17-33(48)35(51)26-29(2)13-10-20-45-42(44)47-50(57)58/h6,8-9,14-15,29-30,32-34,38H,4-5,7,10-13,16-28,43H2,1-3H3,(H,46,53)(H3,44,45,47). The van der Waals surface area contributed by atoms with Gasteiger partial charge in [0, 0.05) is 56.4 Å². The number of Topliss-reactive ketones (excluding diaryl/α,β-unsaturated/α-hetero) is 3. The van der Waals surface area contributed by atoms with Crippen LogP contribution in [0.1, 0.15) is 108 Å². The van der Waals surface area contributed by atoms with E-state index in [0.717, 1.165) is 12.8 Å². The largest absolute Gasteiger partial charge is 0.378 e. The number of hydrazine groups is 1. The molecule has 2 saturated heterocycles. The number of ether oxygens (including phenoxy) is 2. The molecule has 1 aromatic rings. The first-order chi connectivity index (χ1) is 28.8. The number of benzene rings is 1. The Hall–Kier alpha value is -4.81. The number of carbonyl (C=O) groups excluding carboxylic acids is 6. The number of guanidine groups is 1. The predicted molar refractivity (Wildman–Crippen MR) is 224 cm³/mol. The van der Waals surface area contributed by atoms with Crippen molar-refractivity contribution in [1.29, 1.82) is 0 Å². The van der Waals surface area contributed by atoms with Crippen LogP contribution in [0.25, 0.3) is 0 Å². The molecule has 0 spiro atoms. The minimum absolute atomic E-state index is 0.0196. The van der Waals surface area contributed by atoms with E-state index in [1.54, 1.807) is 52.5 Å². The first kappa shape index (κ1) is 49.6. The Morgan fingerprint density at radius 1 is 0.917 bits per heavy atom. The number of nitrogens with zero attached hydrogens (tertiary/aromatic N) is 4. The Labute approximate surface area is 353 Å². The van der Waals surface area contributed by atoms with Crippen LogP contribution in [0.2, 0.25) is 0 Å². The van der Waals surface area contributed by atoms with Crippen LogP contribution in [0.15, 0.2) is 35.3 Å². The number of hydrogen-bond donors (Lipinski definition) is 4. The van der Waals surface area contributed by atoms with Crippen LogP contribution >= 0.6 is 0 Å². The van der Waals surface area contributed by atoms with Gasteiger partial charge in [0.2, 0.25) is 17.7 Å². The van der Waals surface area contributed by atoms with Gasteiger partial charge in [-0.05, 0) is 50.9 Å². The van der Waals surface area contributed by atoms with Crippen LogP contribution in [0.5, 0.6) is 0 Å². The lowest BCUT2D eigenvalue weighted by atomic mass is 9.85. The van der Waals surface area contributed by atoms with Gasteiger partial charge in [0.1, 0.15) is 12.6 Å². The molecule has 2 heterocycles. The summed E-state index contributed by atoms with van der Waals surface area (Å²) >= 11 is 0. The molecule has 6 N–H and O–H groups in total. The molecular weight excluding hydrogens is 777 g/mol. The van der Waals surface area contributed by atoms with Gasteiger partial charge in [0.05, 0.1) is 31.9 Å². The van der Waals surface area contributed by atoms with Crippen molar-refractivity contribution in [1.82, 2.24) is 20.5 Å². The van der Waals surface area contributed by atoms with Crippen LogP contribution in [-0.4, -0.2) is 127 Å². The SMILES string of the molecule is CCCCCC(CC(=O)C(NC(=O)COCCOCCN)C(C)C(=O)c1ccccc1)C(=O)N1CCCC1C(=O)N1CCCC1C(=O)CC(C)CCCN=C(N)N[N+](=O)[O-]. The summed E-state index contributed by atoms with van der Waals surface area (Å²) in [4.78, 5) is 101. The lowest BCUT2D eigenvalue weighted by molar-refractivity contribution is -0.525. The summed E-state index contributed by atoms with van der Waals surface area (Å²) in [5.74, 6) is -4.10. The highest BCUT2D eigenvalue weighted by Gasteiger charge is 2.44. The van der Waals surface area contributed by atoms with E-state index in [1.165, 1.54) is 0 Å². The van der Waals surface area contributed by atoms with Crippen molar-refractivity contribution in [2.24, 2.45) is 34.2 Å². The third-order valence-corrected chi connectivity index (χ3v) is 11.1. The molecule has 0 aliphatic carbocycles. The van der Waals surface area contributed by atoms with Gasteiger partial charge in [0.25, 0.3) is 5.96 Å². The molecule has 1 aromatic carbocycles. The number of ketones is 3. The van der Waals surface area contributed by atoms with Crippen LogP contribution in [0, 0.1) is 27.9 Å². The zero-order chi connectivity index (χ0) is 44.0. The van der Waals surface area contributed by atoms with Gasteiger partial charge in [0.15, 0.2) is 22.4 Å². The Kier molecular flexibility index (Phi) is 21.8. The molecule has 2 fully saturated rings. The molecule has 3 rings (SSSR count). The Bertz CT molecular complexity index is 1610. The topological polar surface area (TPSA) is 259 Å². The number of unbranched alkanes of at least 4 members (excludes halogenated alkanes) is 2. The summed E-state index contributed by atoms with van der Waals surface area (Å²) in [5.41, 5.74) is 13.1. The number of amides is 3. The minimum Gasteiger partial charge on any atom is -0.378 e. The number of nitro groups is 1. The highest BCUT2D eigenvalue weighted by Crippen LogP contribution is 2.30. The van der Waals surface area contributed by atoms with E-state index in [0.29, 0.717) is 83.2 Å². The van der Waals surface area contributed by atoms with Gasteiger partial charge in [-0.25, -0.2) is 15.1 Å². The second-order valence-electron chi connectivity index (χ2n) is 15.8. The van der Waals surface area contributed by atoms with Crippen molar-refractivity contribution in [3.8, 4) is 0 Å². The van der Waals surface area contributed by atoms with E-state index in [-0.39, 0.29) is 74.5 Å². The molecule has 18 heteroatoms. The summed E-state index contributed by atoms with van der Waals surface area (Å²) in [5, 5.41) is 12.4. The molecule has 0 aromatic heterocycles. The van der Waals surface area contributed by atoms with E-state index >= 15 is 0 Å². The molecule has 60 heavy (non-hydrogen) atoms. The van der Waals surface area contributed by atoms with Crippen LogP contribution < -0.4 is 22.2 Å². The summed E-state index contributed by atoms with van der Waals surface area (Å²) < 4.78 is 10.7. The molecule has 0 saturated carbocycles. The smallest absolute Gasteiger partial charge is 0.251 e. The fourth-order valence-corrected chi connectivity index (χ4v) is 7.94. The van der Waals surface area contributed by atoms with Crippen molar-refractivity contribution >= 4 is 41.0 Å². The van der Waals surface area contributed by atoms with Crippen molar-refractivity contribution in [3.63, 3.8) is 0 Å². The Morgan fingerprint density at radius 2 is 1.60 bits per heavy atom. The Morgan fingerprint density at radius 3 is 2.28 bits per heavy atom. The number of hydrogen-bond acceptors (Lipinski definition) is 12. The van der Waals surface area contributed by atoms with Crippen molar-refractivity contribution in [2.45, 2.75) is 116 Å². The zero-order valence-corrected chi connectivity index (χ0v) is 35.5. The predicted octanol–water partition coefficient (Wildman–Crippen LogP) is 2.59. The second kappa shape index (κ2) is 26.4. The molecule has 18 nitrogen and oxygen atoms in total. The number of carbonyl (C=O) groups is 6. The molecular formula is C42H66N8O10. The first-order valence-corrected chi connectivity index (χ1v) is 21.4. The van der Waals surface area contributed by atoms with E-state index in [2.05, 4.69) is 10.3 Å². The fraction of sp³-hybridized carbons (Fsp3) is 0.690. The molecule has 0 radical (unpaired) electrons. The highest BCUT2D eigenvalue weighted by molar-refractivity contribution is 6.03. The number of aliphatic imine (C=N–C) groups is 1. The third kappa shape index (κ3) is 16.0. The number of nitrogens with two attached hydrogens (primary N) is 2. The summed E-state index contributed by atoms with van der Waals surface area (Å²) in [6.07, 6.45) is 6.16. The summed E-state index contributed by atoms with van der Waals surface area (Å²) in [7, 11) is 0. The van der Waals surface area contributed by atoms with Crippen molar-refractivity contribution in [3.05, 3.63) is 46.0 Å². The first-order valence-electron chi connectivity index (χ1n) is 21.4. The quantitative estimate of drug-likeness (QED) is 0.0237. The summed E-state index contributed by atoms with van der Waals surface area (Å²) in [6.45, 7) is 7.23. The average Bonchev–Trinajstić information content (AvgIpc) is 3.93. The van der Waals surface area contributed by atoms with Gasteiger partial charge in [-0.15, -0.1) is 0 Å². The van der Waals surface area contributed by atoms with Crippen LogP contribution in [0.4, 0.5) is 0 Å². The summed E-state index contributed by atoms with van der Waals surface area (Å²) in [6, 6.07) is 5.87. The van der Waals surface area contributed by atoms with Crippen molar-refractivity contribution in [2.75, 3.05) is 52.6 Å². The maximum absolute atomic E-state index is 14.5. The molecule has 0 bridgehead atoms. The normalized spacial score (nSPS) is 18.7. The maximum Gasteiger partial charge on any atom is 0.251 e. The number of nitrogens with one attached hydrogen (secondary N) is 2. The van der Waals surface area contributed by atoms with E-state index < -0.39 is 46.7 Å². The van der Waals surface area contributed by atoms with Crippen LogP contribution in [-0.2, 0) is 33.4 Å². The minimum atomic E-state index is -1.24. The lowest BCUT2D eigenvalue weighted by Gasteiger charge is -2.33. The molecule has 6 unspecified atom stereocenters. The Balaban J connectivity index is 1.73. The molecule has 2 aliphatic heterocycles. The number of likely N-dealkylation sites (tertiary alicyclic amines) is 2. The van der Waals surface area contributed by atoms with Gasteiger partial charge in [-0.1, -0.05) is 75.8 Å². The molecule has 6 atom stereocenters. The van der Waals surface area contributed by atoms with E-state index in [1.807, 2.05) is 13.8 Å². The lowest BCUT2D eigenvalue weighted by Crippen LogP contribution is -2.53. The van der Waals surface area contributed by atoms with Gasteiger partial charge in [-0.2, -0.15) is 0 Å². The highest BCUT2D eigenvalue weighted by atomic mass is 16.7. The van der Waals surface area contributed by atoms with Crippen LogP contribution in [0.3, 0.4) is 0 Å². The second-order valence-corrected chi connectivity index (χ2v) is 15.8. The van der Waals surface area contributed by atoms with Crippen molar-refractivity contribution < 1.29 is 43.3 Å². The maximum atomic E-state index is 14.5. The van der Waals surface area contributed by atoms with E-state index in [4.69, 9.17) is 20.9 Å². The molecule has 2 aliphatic rings. The van der Waals surface area contributed by atoms with Gasteiger partial charge < -0.3 is 36.1 Å². The zero-order valence-electron chi connectivity index (χ0n) is 35.5. The number of rotatable bonds is 28. The van der Waals surface area contributed by atoms with E-state index in [9.17, 15) is 38.9 Å². The van der Waals surface area contributed by atoms with Gasteiger partial charge in [-0.3, -0.25) is 28.8 Å². The fourth-order valence-electron chi connectivity index (χ4n) is 7.94. The molecule has 3 amide bonds. The average molecular weight is 843 g/mol. The molecule has 334 valence electrons. The third-order valence-electron chi connectivity index (χ3n) is 11.1. The monoisotopic (exact) mass is 842 g/mol. The van der Waals surface area contributed by atoms with Gasteiger partial charge >= 0.3 is 0 Å².